The van der Waals surface area contributed by atoms with Gasteiger partial charge in [-0.2, -0.15) is 0 Å². The first-order valence-electron chi connectivity index (χ1n) is 12.4. The van der Waals surface area contributed by atoms with Gasteiger partial charge in [0.15, 0.2) is 6.61 Å². The highest BCUT2D eigenvalue weighted by Crippen LogP contribution is 2.34. The van der Waals surface area contributed by atoms with Crippen LogP contribution in [0.4, 0.5) is 5.95 Å². The van der Waals surface area contributed by atoms with Crippen LogP contribution in [0.5, 0.6) is 11.5 Å². The number of methoxy groups -OCH3 is 1. The zero-order valence-corrected chi connectivity index (χ0v) is 21.2. The molecule has 1 amide bonds. The number of benzene rings is 1. The van der Waals surface area contributed by atoms with E-state index in [2.05, 4.69) is 11.8 Å². The Morgan fingerprint density at radius 2 is 1.77 bits per heavy atom. The zero-order valence-electron chi connectivity index (χ0n) is 20.4. The fourth-order valence-corrected chi connectivity index (χ4v) is 6.21. The Labute approximate surface area is 209 Å². The molecule has 1 saturated heterocycles. The van der Waals surface area contributed by atoms with E-state index in [0.29, 0.717) is 38.5 Å². The number of anilines is 1. The summed E-state index contributed by atoms with van der Waals surface area (Å²) in [4.78, 5) is 37.5. The fourth-order valence-electron chi connectivity index (χ4n) is 4.96. The van der Waals surface area contributed by atoms with Crippen molar-refractivity contribution < 1.29 is 14.3 Å². The molecule has 1 aromatic carbocycles. The second-order valence-electron chi connectivity index (χ2n) is 9.09. The molecule has 1 aliphatic heterocycles. The van der Waals surface area contributed by atoms with E-state index in [1.54, 1.807) is 30.6 Å². The third kappa shape index (κ3) is 4.74. The monoisotopic (exact) mass is 496 g/mol. The van der Waals surface area contributed by atoms with Crippen LogP contribution in [0.25, 0.3) is 10.2 Å². The van der Waals surface area contributed by atoms with Gasteiger partial charge >= 0.3 is 0 Å². The Bertz CT molecular complexity index is 1260. The number of amides is 1. The van der Waals surface area contributed by atoms with Gasteiger partial charge in [0.05, 0.1) is 12.5 Å². The molecular weight excluding hydrogens is 464 g/mol. The van der Waals surface area contributed by atoms with Crippen LogP contribution in [0.2, 0.25) is 0 Å². The van der Waals surface area contributed by atoms with Crippen molar-refractivity contribution in [1.29, 1.82) is 0 Å². The van der Waals surface area contributed by atoms with Crippen molar-refractivity contribution in [2.24, 2.45) is 0 Å². The maximum Gasteiger partial charge on any atom is 0.263 e. The van der Waals surface area contributed by atoms with Crippen LogP contribution in [0.15, 0.2) is 29.1 Å². The maximum absolute atomic E-state index is 13.6. The van der Waals surface area contributed by atoms with Crippen molar-refractivity contribution in [2.45, 2.75) is 45.6 Å². The molecule has 0 radical (unpaired) electrons. The SMILES string of the molecule is CCCn1c(N2CCN(C(=O)COc3ccc(OC)cc3)CC2)nc2sc3c(c2c1=O)CCCC3. The highest BCUT2D eigenvalue weighted by Gasteiger charge is 2.27. The molecule has 9 heteroatoms. The summed E-state index contributed by atoms with van der Waals surface area (Å²) in [6.45, 7) is 5.16. The normalized spacial score (nSPS) is 15.8. The Kier molecular flexibility index (Phi) is 6.95. The summed E-state index contributed by atoms with van der Waals surface area (Å²) in [6, 6.07) is 7.20. The minimum absolute atomic E-state index is 0.00215. The summed E-state index contributed by atoms with van der Waals surface area (Å²) in [7, 11) is 1.61. The highest BCUT2D eigenvalue weighted by atomic mass is 32.1. The quantitative estimate of drug-likeness (QED) is 0.499. The Balaban J connectivity index is 1.28. The van der Waals surface area contributed by atoms with Gasteiger partial charge in [0.25, 0.3) is 11.5 Å². The smallest absolute Gasteiger partial charge is 0.263 e. The van der Waals surface area contributed by atoms with Gasteiger partial charge in [0, 0.05) is 37.6 Å². The first-order valence-corrected chi connectivity index (χ1v) is 13.3. The number of nitrogens with zero attached hydrogens (tertiary/aromatic N) is 4. The van der Waals surface area contributed by atoms with Crippen LogP contribution in [-0.4, -0.2) is 60.3 Å². The fraction of sp³-hybridized carbons (Fsp3) is 0.500. The van der Waals surface area contributed by atoms with Crippen molar-refractivity contribution in [2.75, 3.05) is 44.8 Å². The number of aromatic nitrogens is 2. The third-order valence-corrected chi connectivity index (χ3v) is 8.02. The lowest BCUT2D eigenvalue weighted by molar-refractivity contribution is -0.133. The number of fused-ring (bicyclic) bond motifs is 3. The molecule has 0 spiro atoms. The van der Waals surface area contributed by atoms with Crippen molar-refractivity contribution in [3.63, 3.8) is 0 Å². The van der Waals surface area contributed by atoms with Crippen molar-refractivity contribution in [1.82, 2.24) is 14.5 Å². The molecule has 35 heavy (non-hydrogen) atoms. The zero-order chi connectivity index (χ0) is 24.4. The van der Waals surface area contributed by atoms with Gasteiger partial charge < -0.3 is 19.3 Å². The van der Waals surface area contributed by atoms with E-state index in [1.807, 2.05) is 21.6 Å². The third-order valence-electron chi connectivity index (χ3n) is 6.84. The topological polar surface area (TPSA) is 76.9 Å². The first kappa shape index (κ1) is 23.7. The second kappa shape index (κ2) is 10.3. The second-order valence-corrected chi connectivity index (χ2v) is 10.2. The molecular formula is C26H32N4O4S. The number of carbonyl (C=O) groups excluding carboxylic acids is 1. The Hall–Kier alpha value is -3.07. The molecule has 0 N–H and O–H groups in total. The van der Waals surface area contributed by atoms with E-state index in [9.17, 15) is 9.59 Å². The van der Waals surface area contributed by atoms with E-state index in [0.717, 1.165) is 47.6 Å². The molecule has 2 aromatic heterocycles. The molecule has 1 aliphatic carbocycles. The van der Waals surface area contributed by atoms with Gasteiger partial charge in [-0.1, -0.05) is 6.92 Å². The Morgan fingerprint density at radius 1 is 1.06 bits per heavy atom. The minimum atomic E-state index is -0.0410. The molecule has 0 saturated carbocycles. The lowest BCUT2D eigenvalue weighted by Crippen LogP contribution is -2.51. The maximum atomic E-state index is 13.6. The number of thiophene rings is 1. The number of hydrogen-bond donors (Lipinski definition) is 0. The largest absolute Gasteiger partial charge is 0.497 e. The van der Waals surface area contributed by atoms with E-state index in [4.69, 9.17) is 14.5 Å². The molecule has 5 rings (SSSR count). The Morgan fingerprint density at radius 3 is 2.49 bits per heavy atom. The summed E-state index contributed by atoms with van der Waals surface area (Å²) in [6.07, 6.45) is 5.24. The molecule has 2 aliphatic rings. The minimum Gasteiger partial charge on any atom is -0.497 e. The number of rotatable bonds is 7. The standard InChI is InChI=1S/C26H32N4O4S/c1-3-12-30-25(32)23-20-6-4-5-7-21(20)35-24(23)27-26(30)29-15-13-28(14-16-29)22(31)17-34-19-10-8-18(33-2)9-11-19/h8-11H,3-7,12-17H2,1-2H3. The van der Waals surface area contributed by atoms with E-state index >= 15 is 0 Å². The number of carbonyl (C=O) groups is 1. The van der Waals surface area contributed by atoms with Crippen LogP contribution in [-0.2, 0) is 24.2 Å². The molecule has 0 atom stereocenters. The lowest BCUT2D eigenvalue weighted by Gasteiger charge is -2.36. The van der Waals surface area contributed by atoms with Gasteiger partial charge in [0.1, 0.15) is 16.3 Å². The molecule has 3 aromatic rings. The van der Waals surface area contributed by atoms with Crippen molar-refractivity contribution in [3.8, 4) is 11.5 Å². The molecule has 0 unspecified atom stereocenters. The lowest BCUT2D eigenvalue weighted by atomic mass is 9.97. The molecule has 186 valence electrons. The highest BCUT2D eigenvalue weighted by molar-refractivity contribution is 7.18. The molecule has 3 heterocycles. The van der Waals surface area contributed by atoms with E-state index in [1.165, 1.54) is 16.9 Å². The van der Waals surface area contributed by atoms with Crippen molar-refractivity contribution in [3.05, 3.63) is 45.1 Å². The van der Waals surface area contributed by atoms with Gasteiger partial charge in [-0.05, 0) is 61.9 Å². The van der Waals surface area contributed by atoms with Gasteiger partial charge in [-0.3, -0.25) is 14.2 Å². The summed E-state index contributed by atoms with van der Waals surface area (Å²) in [5.41, 5.74) is 1.33. The van der Waals surface area contributed by atoms with Crippen LogP contribution >= 0.6 is 11.3 Å². The summed E-state index contributed by atoms with van der Waals surface area (Å²) < 4.78 is 12.7. The number of aryl methyl sites for hydroxylation is 2. The van der Waals surface area contributed by atoms with E-state index < -0.39 is 0 Å². The average molecular weight is 497 g/mol. The van der Waals surface area contributed by atoms with Gasteiger partial charge in [-0.25, -0.2) is 4.98 Å². The predicted octanol–water partition coefficient (Wildman–Crippen LogP) is 3.48. The number of hydrogen-bond acceptors (Lipinski definition) is 7. The summed E-state index contributed by atoms with van der Waals surface area (Å²) in [5.74, 6) is 2.08. The van der Waals surface area contributed by atoms with Crippen LogP contribution in [0, 0.1) is 0 Å². The van der Waals surface area contributed by atoms with Crippen LogP contribution in [0.3, 0.4) is 0 Å². The molecule has 8 nitrogen and oxygen atoms in total. The molecule has 1 fully saturated rings. The van der Waals surface area contributed by atoms with Gasteiger partial charge in [-0.15, -0.1) is 11.3 Å². The number of ether oxygens (including phenoxy) is 2. The average Bonchev–Trinajstić information content (AvgIpc) is 3.28. The van der Waals surface area contributed by atoms with Crippen LogP contribution in [0.1, 0.15) is 36.6 Å². The predicted molar refractivity (Wildman–Crippen MR) is 138 cm³/mol. The van der Waals surface area contributed by atoms with Gasteiger partial charge in [0.2, 0.25) is 5.95 Å². The first-order chi connectivity index (χ1) is 17.1. The number of piperazine rings is 1. The van der Waals surface area contributed by atoms with E-state index in [-0.39, 0.29) is 18.1 Å². The summed E-state index contributed by atoms with van der Waals surface area (Å²) in [5, 5.41) is 0.839. The summed E-state index contributed by atoms with van der Waals surface area (Å²) >= 11 is 1.69. The van der Waals surface area contributed by atoms with Crippen LogP contribution < -0.4 is 19.9 Å². The van der Waals surface area contributed by atoms with Crippen molar-refractivity contribution >= 4 is 33.4 Å². The molecule has 0 bridgehead atoms.